The van der Waals surface area contributed by atoms with Gasteiger partial charge in [-0.1, -0.05) is 77.6 Å². The fraction of sp³-hybridized carbons (Fsp3) is 0.944. The number of aliphatic carboxylic acids is 1. The fourth-order valence-electron chi connectivity index (χ4n) is 2.62. The third-order valence-electron chi connectivity index (χ3n) is 4.10. The molecule has 0 fully saturated rings. The van der Waals surface area contributed by atoms with Gasteiger partial charge in [0.05, 0.1) is 6.42 Å². The first-order valence-electron chi connectivity index (χ1n) is 9.07. The number of hydrogen-bond donors (Lipinski definition) is 1. The van der Waals surface area contributed by atoms with E-state index in [1.807, 2.05) is 7.05 Å². The van der Waals surface area contributed by atoms with Gasteiger partial charge in [-0.25, -0.2) is 0 Å². The maximum atomic E-state index is 10.5. The summed E-state index contributed by atoms with van der Waals surface area (Å²) < 4.78 is 0. The van der Waals surface area contributed by atoms with E-state index in [0.29, 0.717) is 6.54 Å². The molecule has 0 aliphatic heterocycles. The van der Waals surface area contributed by atoms with Crippen molar-refractivity contribution in [2.45, 2.75) is 90.4 Å². The zero-order valence-corrected chi connectivity index (χ0v) is 14.4. The van der Waals surface area contributed by atoms with Gasteiger partial charge in [-0.05, 0) is 20.0 Å². The molecule has 0 atom stereocenters. The molecule has 0 radical (unpaired) electrons. The first-order chi connectivity index (χ1) is 10.2. The van der Waals surface area contributed by atoms with Gasteiger partial charge in [0.25, 0.3) is 0 Å². The van der Waals surface area contributed by atoms with Crippen LogP contribution in [0.15, 0.2) is 0 Å². The summed E-state index contributed by atoms with van der Waals surface area (Å²) in [5.74, 6) is -0.698. The summed E-state index contributed by atoms with van der Waals surface area (Å²) in [6.07, 6.45) is 16.7. The zero-order valence-electron chi connectivity index (χ0n) is 14.4. The summed E-state index contributed by atoms with van der Waals surface area (Å²) in [5.41, 5.74) is 0. The molecule has 0 aliphatic rings. The van der Waals surface area contributed by atoms with Gasteiger partial charge in [-0.15, -0.1) is 0 Å². The van der Waals surface area contributed by atoms with Crippen LogP contribution < -0.4 is 0 Å². The van der Waals surface area contributed by atoms with E-state index in [9.17, 15) is 4.79 Å². The molecule has 0 heterocycles. The third-order valence-corrected chi connectivity index (χ3v) is 4.10. The van der Waals surface area contributed by atoms with Crippen LogP contribution in [0.2, 0.25) is 0 Å². The van der Waals surface area contributed by atoms with Crippen LogP contribution in [0.25, 0.3) is 0 Å². The second-order valence-electron chi connectivity index (χ2n) is 6.34. The Morgan fingerprint density at radius 2 is 1.18 bits per heavy atom. The Morgan fingerprint density at radius 1 is 0.773 bits per heavy atom. The zero-order chi connectivity index (χ0) is 15.8. The van der Waals surface area contributed by atoms with Crippen LogP contribution in [0.3, 0.4) is 0 Å². The molecule has 128 valence electrons. The third kappa shape index (κ3) is 20.4. The quantitative estimate of drug-likeness (QED) is 0.337. The van der Waals surface area contributed by atoms with E-state index in [-0.39, 0.29) is 36.0 Å². The molecule has 0 aromatic carbocycles. The Labute approximate surface area is 160 Å². The van der Waals surface area contributed by atoms with Gasteiger partial charge in [0.15, 0.2) is 0 Å². The van der Waals surface area contributed by atoms with Gasteiger partial charge in [-0.2, -0.15) is 0 Å². The Balaban J connectivity index is 0. The van der Waals surface area contributed by atoms with Crippen molar-refractivity contribution >= 4 is 35.5 Å². The van der Waals surface area contributed by atoms with Crippen molar-refractivity contribution in [3.63, 3.8) is 0 Å². The molecule has 22 heavy (non-hydrogen) atoms. The van der Waals surface area contributed by atoms with Crippen LogP contribution in [0.1, 0.15) is 90.4 Å². The van der Waals surface area contributed by atoms with Gasteiger partial charge < -0.3 is 10.0 Å². The molecule has 0 amide bonds. The number of rotatable bonds is 16. The summed E-state index contributed by atoms with van der Waals surface area (Å²) >= 11 is 0. The average molecular weight is 323 g/mol. The molecule has 0 aromatic heterocycles. The number of unbranched alkanes of at least 4 members (excludes halogenated alkanes) is 11. The van der Waals surface area contributed by atoms with E-state index in [1.54, 1.807) is 0 Å². The molecule has 4 heteroatoms. The molecular formula is C18H38NNaO2. The van der Waals surface area contributed by atoms with Gasteiger partial charge in [0, 0.05) is 6.54 Å². The summed E-state index contributed by atoms with van der Waals surface area (Å²) in [6, 6.07) is 0. The minimum atomic E-state index is -0.698. The molecule has 0 saturated heterocycles. The number of nitrogens with zero attached hydrogens (tertiary/aromatic N) is 1. The fourth-order valence-corrected chi connectivity index (χ4v) is 2.62. The molecular weight excluding hydrogens is 285 g/mol. The van der Waals surface area contributed by atoms with Gasteiger partial charge in [0.2, 0.25) is 0 Å². The average Bonchev–Trinajstić information content (AvgIpc) is 2.46. The summed E-state index contributed by atoms with van der Waals surface area (Å²) in [5, 5.41) is 8.61. The summed E-state index contributed by atoms with van der Waals surface area (Å²) in [6.45, 7) is 3.97. The van der Waals surface area contributed by atoms with Crippen LogP contribution in [0.5, 0.6) is 0 Å². The number of carbonyl (C=O) groups is 1. The van der Waals surface area contributed by atoms with Crippen LogP contribution in [0, 0.1) is 0 Å². The molecule has 0 bridgehead atoms. The predicted molar refractivity (Wildman–Crippen MR) is 98.0 cm³/mol. The van der Waals surface area contributed by atoms with Crippen LogP contribution in [-0.4, -0.2) is 65.7 Å². The molecule has 0 aromatic rings. The molecule has 0 spiro atoms. The first kappa shape index (κ1) is 24.7. The van der Waals surface area contributed by atoms with Crippen molar-refractivity contribution in [2.24, 2.45) is 0 Å². The topological polar surface area (TPSA) is 40.5 Å². The van der Waals surface area contributed by atoms with Gasteiger partial charge in [-0.3, -0.25) is 4.79 Å². The Morgan fingerprint density at radius 3 is 1.59 bits per heavy atom. The summed E-state index contributed by atoms with van der Waals surface area (Å²) in [4.78, 5) is 12.6. The molecule has 0 aliphatic carbocycles. The van der Waals surface area contributed by atoms with Crippen molar-refractivity contribution in [3.8, 4) is 0 Å². The second-order valence-corrected chi connectivity index (χ2v) is 6.34. The molecule has 0 unspecified atom stereocenters. The van der Waals surface area contributed by atoms with Crippen LogP contribution in [0.4, 0.5) is 0 Å². The second kappa shape index (κ2) is 19.5. The van der Waals surface area contributed by atoms with E-state index < -0.39 is 5.97 Å². The monoisotopic (exact) mass is 323 g/mol. The molecule has 1 N–H and O–H groups in total. The number of hydrogen-bond acceptors (Lipinski definition) is 2. The van der Waals surface area contributed by atoms with Crippen molar-refractivity contribution < 1.29 is 9.90 Å². The van der Waals surface area contributed by atoms with E-state index in [2.05, 4.69) is 11.8 Å². The number of carboxylic acids is 1. The molecule has 0 saturated carbocycles. The Hall–Kier alpha value is 0.430. The van der Waals surface area contributed by atoms with E-state index in [0.717, 1.165) is 6.54 Å². The van der Waals surface area contributed by atoms with E-state index in [1.165, 1.54) is 77.0 Å². The van der Waals surface area contributed by atoms with Crippen molar-refractivity contribution in [3.05, 3.63) is 0 Å². The first-order valence-corrected chi connectivity index (χ1v) is 9.07. The molecule has 0 rings (SSSR count). The molecule has 3 nitrogen and oxygen atoms in total. The van der Waals surface area contributed by atoms with Gasteiger partial charge >= 0.3 is 35.5 Å². The van der Waals surface area contributed by atoms with Gasteiger partial charge in [0.1, 0.15) is 0 Å². The van der Waals surface area contributed by atoms with Crippen LogP contribution in [-0.2, 0) is 4.79 Å². The SMILES string of the molecule is CCCCCCCCCCCCCCN(C)CCC(=O)O.[NaH]. The maximum absolute atomic E-state index is 10.5. The van der Waals surface area contributed by atoms with Crippen molar-refractivity contribution in [1.29, 1.82) is 0 Å². The standard InChI is InChI=1S/C18H37NO2.Na.H/c1-3-4-5-6-7-8-9-10-11-12-13-14-16-19(2)17-15-18(20)21;;/h3-17H2,1-2H3,(H,20,21);;. The van der Waals surface area contributed by atoms with Crippen molar-refractivity contribution in [2.75, 3.05) is 20.1 Å². The Bertz CT molecular complexity index is 237. The number of carboxylic acid groups (broad SMARTS) is 1. The van der Waals surface area contributed by atoms with Crippen molar-refractivity contribution in [1.82, 2.24) is 4.90 Å². The predicted octanol–water partition coefficient (Wildman–Crippen LogP) is 4.45. The van der Waals surface area contributed by atoms with Crippen LogP contribution >= 0.6 is 0 Å². The minimum absolute atomic E-state index is 0. The normalized spacial score (nSPS) is 10.7. The van der Waals surface area contributed by atoms with E-state index >= 15 is 0 Å². The Kier molecular flexibility index (Phi) is 21.8. The summed E-state index contributed by atoms with van der Waals surface area (Å²) in [7, 11) is 2.02. The van der Waals surface area contributed by atoms with E-state index in [4.69, 9.17) is 5.11 Å².